The van der Waals surface area contributed by atoms with Crippen molar-refractivity contribution in [3.8, 4) is 0 Å². The van der Waals surface area contributed by atoms with Gasteiger partial charge < -0.3 is 10.2 Å². The van der Waals surface area contributed by atoms with Crippen LogP contribution in [-0.2, 0) is 11.3 Å². The number of amides is 3. The van der Waals surface area contributed by atoms with Gasteiger partial charge >= 0.3 is 6.03 Å². The van der Waals surface area contributed by atoms with E-state index in [1.165, 1.54) is 11.6 Å². The van der Waals surface area contributed by atoms with Crippen LogP contribution in [0.2, 0.25) is 0 Å². The highest BCUT2D eigenvalue weighted by Gasteiger charge is 2.35. The number of rotatable bonds is 4. The van der Waals surface area contributed by atoms with Crippen molar-refractivity contribution in [1.82, 2.24) is 10.2 Å². The maximum absolute atomic E-state index is 14.0. The Labute approximate surface area is 194 Å². The first-order chi connectivity index (χ1) is 15.5. The third-order valence-electron chi connectivity index (χ3n) is 6.32. The van der Waals surface area contributed by atoms with E-state index >= 15 is 0 Å². The minimum atomic E-state index is -0.547. The highest BCUT2D eigenvalue weighted by Crippen LogP contribution is 2.41. The average molecular weight is 448 g/mol. The third-order valence-corrected chi connectivity index (χ3v) is 6.32. The average Bonchev–Trinajstić information content (AvgIpc) is 2.97. The summed E-state index contributed by atoms with van der Waals surface area (Å²) in [4.78, 5) is 28.9. The van der Waals surface area contributed by atoms with Crippen molar-refractivity contribution in [2.75, 3.05) is 4.90 Å². The van der Waals surface area contributed by atoms with Gasteiger partial charge in [0.15, 0.2) is 0 Å². The first kappa shape index (κ1) is 22.8. The summed E-state index contributed by atoms with van der Waals surface area (Å²) in [5.41, 5.74) is 5.70. The molecule has 0 bridgehead atoms. The van der Waals surface area contributed by atoms with Gasteiger partial charge in [0.25, 0.3) is 5.91 Å². The molecule has 2 aliphatic rings. The molecule has 0 atom stereocenters. The molecule has 1 N–H and O–H groups in total. The van der Waals surface area contributed by atoms with Gasteiger partial charge in [-0.15, -0.1) is 0 Å². The van der Waals surface area contributed by atoms with E-state index < -0.39 is 17.8 Å². The van der Waals surface area contributed by atoms with Crippen LogP contribution in [0.5, 0.6) is 0 Å². The van der Waals surface area contributed by atoms with Crippen LogP contribution in [0, 0.1) is 12.7 Å². The second kappa shape index (κ2) is 8.18. The maximum Gasteiger partial charge on any atom is 0.329 e. The fraction of sp³-hybridized carbons (Fsp3) is 0.333. The zero-order valence-corrected chi connectivity index (χ0v) is 20.0. The van der Waals surface area contributed by atoms with E-state index in [-0.39, 0.29) is 17.8 Å². The Bertz CT molecular complexity index is 1210. The predicted octanol–water partition coefficient (Wildman–Crippen LogP) is 5.64. The van der Waals surface area contributed by atoms with Crippen molar-refractivity contribution in [2.45, 2.75) is 59.7 Å². The Balaban J connectivity index is 1.69. The molecule has 0 unspecified atom stereocenters. The number of allylic oxidation sites excluding steroid dienone is 1. The molecule has 33 heavy (non-hydrogen) atoms. The Morgan fingerprint density at radius 3 is 2.48 bits per heavy atom. The molecule has 6 heteroatoms. The van der Waals surface area contributed by atoms with Crippen LogP contribution >= 0.6 is 0 Å². The van der Waals surface area contributed by atoms with E-state index in [0.717, 1.165) is 27.3 Å². The van der Waals surface area contributed by atoms with Gasteiger partial charge in [-0.1, -0.05) is 24.3 Å². The number of aryl methyl sites for hydroxylation is 1. The molecule has 0 aromatic heterocycles. The SMILES string of the molecule is CC1=CC(C)(C)N(C(C)C)c2cc(C)c(/C=C3\NC(=O)N(Cc4ccccc4F)C3=O)cc21. The fourth-order valence-corrected chi connectivity index (χ4v) is 4.98. The number of carbonyl (C=O) groups excluding carboxylic acids is 2. The molecule has 0 saturated carbocycles. The standard InChI is InChI=1S/C27H30FN3O2/c1-16(2)31-24-11-17(3)20(12-21(24)18(4)14-27(31,5)6)13-23-25(32)30(26(33)29-23)15-19-9-7-8-10-22(19)28/h7-14,16H,15H2,1-6H3,(H,29,33)/b23-13-. The van der Waals surface area contributed by atoms with Crippen molar-refractivity contribution in [3.05, 3.63) is 76.2 Å². The van der Waals surface area contributed by atoms with Crippen molar-refractivity contribution in [2.24, 2.45) is 0 Å². The van der Waals surface area contributed by atoms with Gasteiger partial charge in [-0.2, -0.15) is 0 Å². The van der Waals surface area contributed by atoms with Crippen LogP contribution in [0.4, 0.5) is 14.9 Å². The van der Waals surface area contributed by atoms with Crippen LogP contribution < -0.4 is 10.2 Å². The molecular formula is C27H30FN3O2. The summed E-state index contributed by atoms with van der Waals surface area (Å²) in [6, 6.07) is 10.1. The van der Waals surface area contributed by atoms with Gasteiger partial charge in [0.2, 0.25) is 0 Å². The molecule has 2 aliphatic heterocycles. The summed E-state index contributed by atoms with van der Waals surface area (Å²) in [5.74, 6) is -0.904. The molecule has 5 nitrogen and oxygen atoms in total. The molecule has 0 spiro atoms. The van der Waals surface area contributed by atoms with E-state index in [2.05, 4.69) is 63.0 Å². The van der Waals surface area contributed by atoms with Crippen molar-refractivity contribution in [1.29, 1.82) is 0 Å². The second-order valence-electron chi connectivity index (χ2n) is 9.64. The van der Waals surface area contributed by atoms with E-state index in [9.17, 15) is 14.0 Å². The monoisotopic (exact) mass is 447 g/mol. The van der Waals surface area contributed by atoms with Crippen molar-refractivity contribution < 1.29 is 14.0 Å². The Kier molecular flexibility index (Phi) is 5.64. The number of nitrogens with one attached hydrogen (secondary N) is 1. The fourth-order valence-electron chi connectivity index (χ4n) is 4.98. The number of carbonyl (C=O) groups is 2. The quantitative estimate of drug-likeness (QED) is 0.488. The van der Waals surface area contributed by atoms with Gasteiger partial charge in [0.05, 0.1) is 12.1 Å². The summed E-state index contributed by atoms with van der Waals surface area (Å²) in [7, 11) is 0. The lowest BCUT2D eigenvalue weighted by atomic mass is 9.85. The number of hydrogen-bond acceptors (Lipinski definition) is 3. The number of halogens is 1. The number of imide groups is 1. The first-order valence-electron chi connectivity index (χ1n) is 11.2. The molecule has 1 saturated heterocycles. The summed E-state index contributed by atoms with van der Waals surface area (Å²) in [6.07, 6.45) is 3.98. The van der Waals surface area contributed by atoms with E-state index in [1.807, 2.05) is 6.92 Å². The van der Waals surface area contributed by atoms with Crippen LogP contribution in [0.3, 0.4) is 0 Å². The molecule has 2 aromatic carbocycles. The summed E-state index contributed by atoms with van der Waals surface area (Å²) in [6.45, 7) is 12.8. The van der Waals surface area contributed by atoms with Crippen molar-refractivity contribution >= 4 is 29.3 Å². The summed E-state index contributed by atoms with van der Waals surface area (Å²) < 4.78 is 14.0. The smallest absolute Gasteiger partial charge is 0.329 e. The van der Waals surface area contributed by atoms with Gasteiger partial charge in [0, 0.05) is 22.9 Å². The minimum Gasteiger partial charge on any atom is -0.360 e. The van der Waals surface area contributed by atoms with Crippen LogP contribution in [0.15, 0.2) is 48.2 Å². The largest absolute Gasteiger partial charge is 0.360 e. The molecule has 4 rings (SSSR count). The topological polar surface area (TPSA) is 52.7 Å². The first-order valence-corrected chi connectivity index (χ1v) is 11.2. The van der Waals surface area contributed by atoms with Gasteiger partial charge in [-0.25, -0.2) is 9.18 Å². The molecular weight excluding hydrogens is 417 g/mol. The molecule has 0 aliphatic carbocycles. The predicted molar refractivity (Wildman–Crippen MR) is 130 cm³/mol. The molecule has 2 aromatic rings. The third kappa shape index (κ3) is 4.06. The Morgan fingerprint density at radius 2 is 1.82 bits per heavy atom. The molecule has 2 heterocycles. The zero-order valence-electron chi connectivity index (χ0n) is 20.0. The number of hydrogen-bond donors (Lipinski definition) is 1. The number of fused-ring (bicyclic) bond motifs is 1. The molecule has 3 amide bonds. The number of benzene rings is 2. The number of anilines is 1. The molecule has 0 radical (unpaired) electrons. The van der Waals surface area contributed by atoms with Crippen molar-refractivity contribution in [3.63, 3.8) is 0 Å². The summed E-state index contributed by atoms with van der Waals surface area (Å²) in [5, 5.41) is 2.65. The molecule has 172 valence electrons. The van der Waals surface area contributed by atoms with E-state index in [0.29, 0.717) is 11.6 Å². The van der Waals surface area contributed by atoms with E-state index in [1.54, 1.807) is 24.3 Å². The van der Waals surface area contributed by atoms with Gasteiger partial charge in [-0.3, -0.25) is 9.69 Å². The highest BCUT2D eigenvalue weighted by molar-refractivity contribution is 6.14. The van der Waals surface area contributed by atoms with Crippen LogP contribution in [0.1, 0.15) is 56.9 Å². The lowest BCUT2D eigenvalue weighted by Crippen LogP contribution is -2.49. The molecule has 1 fully saturated rings. The Morgan fingerprint density at radius 1 is 1.12 bits per heavy atom. The lowest BCUT2D eigenvalue weighted by molar-refractivity contribution is -0.123. The van der Waals surface area contributed by atoms with E-state index in [4.69, 9.17) is 0 Å². The normalized spacial score (nSPS) is 18.7. The van der Waals surface area contributed by atoms with Gasteiger partial charge in [-0.05, 0) is 82.5 Å². The Hall–Kier alpha value is -3.41. The maximum atomic E-state index is 14.0. The van der Waals surface area contributed by atoms with Crippen LogP contribution in [0.25, 0.3) is 11.6 Å². The van der Waals surface area contributed by atoms with Gasteiger partial charge in [0.1, 0.15) is 11.5 Å². The summed E-state index contributed by atoms with van der Waals surface area (Å²) >= 11 is 0. The lowest BCUT2D eigenvalue weighted by Gasteiger charge is -2.46. The number of nitrogens with zero attached hydrogens (tertiary/aromatic N) is 2. The van der Waals surface area contributed by atoms with Crippen LogP contribution in [-0.4, -0.2) is 28.4 Å². The zero-order chi connectivity index (χ0) is 24.1. The highest BCUT2D eigenvalue weighted by atomic mass is 19.1. The second-order valence-corrected chi connectivity index (χ2v) is 9.64. The number of urea groups is 1. The minimum absolute atomic E-state index is 0.111.